The van der Waals surface area contributed by atoms with Crippen molar-refractivity contribution in [1.82, 2.24) is 10.1 Å². The van der Waals surface area contributed by atoms with Gasteiger partial charge in [0.1, 0.15) is 0 Å². The Morgan fingerprint density at radius 2 is 2.10 bits per heavy atom. The Hall–Kier alpha value is -1.68. The van der Waals surface area contributed by atoms with Crippen molar-refractivity contribution in [2.24, 2.45) is 0 Å². The lowest BCUT2D eigenvalue weighted by Crippen LogP contribution is -2.44. The molecule has 0 amide bonds. The standard InChI is InChI=1S/C16H20N2O2/c1-10-5-6-12(9-11(10)2)14-17-15(20-18-14)13-7-8-16(13,3)19-4/h5-6,9,13H,7-8H2,1-4H3. The van der Waals surface area contributed by atoms with Crippen LogP contribution in [-0.4, -0.2) is 22.9 Å². The van der Waals surface area contributed by atoms with Gasteiger partial charge in [-0.05, 0) is 50.8 Å². The van der Waals surface area contributed by atoms with Gasteiger partial charge in [0.15, 0.2) is 0 Å². The molecule has 0 bridgehead atoms. The van der Waals surface area contributed by atoms with Gasteiger partial charge in [-0.1, -0.05) is 17.3 Å². The van der Waals surface area contributed by atoms with E-state index >= 15 is 0 Å². The van der Waals surface area contributed by atoms with Gasteiger partial charge in [-0.2, -0.15) is 4.98 Å². The predicted octanol–water partition coefficient (Wildman–Crippen LogP) is 3.64. The molecule has 1 aromatic heterocycles. The number of hydrogen-bond acceptors (Lipinski definition) is 4. The van der Waals surface area contributed by atoms with Crippen LogP contribution >= 0.6 is 0 Å². The number of benzene rings is 1. The van der Waals surface area contributed by atoms with Crippen LogP contribution in [0.4, 0.5) is 0 Å². The lowest BCUT2D eigenvalue weighted by atomic mass is 9.70. The summed E-state index contributed by atoms with van der Waals surface area (Å²) in [6, 6.07) is 6.22. The van der Waals surface area contributed by atoms with E-state index in [2.05, 4.69) is 43.0 Å². The molecule has 106 valence electrons. The van der Waals surface area contributed by atoms with Crippen LogP contribution in [0.2, 0.25) is 0 Å². The van der Waals surface area contributed by atoms with Gasteiger partial charge in [0.25, 0.3) is 0 Å². The topological polar surface area (TPSA) is 48.2 Å². The SMILES string of the molecule is COC1(C)CCC1c1nc(-c2ccc(C)c(C)c2)no1. The van der Waals surface area contributed by atoms with Gasteiger partial charge in [0.05, 0.1) is 11.5 Å². The van der Waals surface area contributed by atoms with Crippen molar-refractivity contribution in [3.8, 4) is 11.4 Å². The molecule has 2 unspecified atom stereocenters. The van der Waals surface area contributed by atoms with E-state index < -0.39 is 0 Å². The second-order valence-electron chi connectivity index (χ2n) is 5.86. The first kappa shape index (κ1) is 13.3. The molecule has 1 aliphatic carbocycles. The van der Waals surface area contributed by atoms with E-state index in [0.29, 0.717) is 11.7 Å². The molecule has 2 aromatic rings. The van der Waals surface area contributed by atoms with E-state index in [1.807, 2.05) is 6.07 Å². The second kappa shape index (κ2) is 4.70. The third-order valence-electron chi connectivity index (χ3n) is 4.64. The molecule has 20 heavy (non-hydrogen) atoms. The first-order valence-corrected chi connectivity index (χ1v) is 7.00. The molecule has 4 heteroatoms. The summed E-state index contributed by atoms with van der Waals surface area (Å²) in [6.45, 7) is 6.29. The summed E-state index contributed by atoms with van der Waals surface area (Å²) in [4.78, 5) is 4.56. The molecule has 1 heterocycles. The highest BCUT2D eigenvalue weighted by Crippen LogP contribution is 2.47. The lowest BCUT2D eigenvalue weighted by Gasteiger charge is -2.43. The number of methoxy groups -OCH3 is 1. The molecule has 1 saturated carbocycles. The summed E-state index contributed by atoms with van der Waals surface area (Å²) >= 11 is 0. The average molecular weight is 272 g/mol. The summed E-state index contributed by atoms with van der Waals surface area (Å²) in [5.41, 5.74) is 3.34. The van der Waals surface area contributed by atoms with Crippen molar-refractivity contribution in [1.29, 1.82) is 0 Å². The van der Waals surface area contributed by atoms with Crippen LogP contribution in [0.25, 0.3) is 11.4 Å². The van der Waals surface area contributed by atoms with E-state index in [0.717, 1.165) is 18.4 Å². The van der Waals surface area contributed by atoms with Gasteiger partial charge in [0, 0.05) is 12.7 Å². The van der Waals surface area contributed by atoms with Crippen molar-refractivity contribution in [2.45, 2.75) is 45.1 Å². The van der Waals surface area contributed by atoms with Crippen LogP contribution in [0.15, 0.2) is 22.7 Å². The maximum absolute atomic E-state index is 5.56. The van der Waals surface area contributed by atoms with E-state index in [1.165, 1.54) is 11.1 Å². The molecule has 3 rings (SSSR count). The highest BCUT2D eigenvalue weighted by molar-refractivity contribution is 5.56. The highest BCUT2D eigenvalue weighted by atomic mass is 16.5. The molecule has 0 spiro atoms. The van der Waals surface area contributed by atoms with Gasteiger partial charge in [0.2, 0.25) is 11.7 Å². The third kappa shape index (κ3) is 2.04. The average Bonchev–Trinajstić information content (AvgIpc) is 2.89. The summed E-state index contributed by atoms with van der Waals surface area (Å²) in [7, 11) is 1.74. The first-order chi connectivity index (χ1) is 9.53. The summed E-state index contributed by atoms with van der Waals surface area (Å²) in [5.74, 6) is 1.56. The maximum atomic E-state index is 5.56. The van der Waals surface area contributed by atoms with Gasteiger partial charge < -0.3 is 9.26 Å². The number of rotatable bonds is 3. The van der Waals surface area contributed by atoms with Crippen LogP contribution in [-0.2, 0) is 4.74 Å². The molecular weight excluding hydrogens is 252 g/mol. The van der Waals surface area contributed by atoms with Crippen LogP contribution in [0.3, 0.4) is 0 Å². The maximum Gasteiger partial charge on any atom is 0.232 e. The molecule has 2 atom stereocenters. The van der Waals surface area contributed by atoms with Crippen molar-refractivity contribution in [3.63, 3.8) is 0 Å². The summed E-state index contributed by atoms with van der Waals surface area (Å²) in [5, 5.41) is 4.12. The van der Waals surface area contributed by atoms with Gasteiger partial charge in [-0.25, -0.2) is 0 Å². The minimum Gasteiger partial charge on any atom is -0.378 e. The Bertz CT molecular complexity index is 631. The van der Waals surface area contributed by atoms with E-state index in [9.17, 15) is 0 Å². The Balaban J connectivity index is 1.89. The quantitative estimate of drug-likeness (QED) is 0.856. The van der Waals surface area contributed by atoms with E-state index in [1.54, 1.807) is 7.11 Å². The van der Waals surface area contributed by atoms with Crippen LogP contribution < -0.4 is 0 Å². The molecule has 0 saturated heterocycles. The summed E-state index contributed by atoms with van der Waals surface area (Å²) < 4.78 is 11.0. The first-order valence-electron chi connectivity index (χ1n) is 7.00. The van der Waals surface area contributed by atoms with Crippen molar-refractivity contribution >= 4 is 0 Å². The smallest absolute Gasteiger partial charge is 0.232 e. The number of nitrogens with zero attached hydrogens (tertiary/aromatic N) is 2. The Labute approximate surface area is 119 Å². The van der Waals surface area contributed by atoms with Crippen LogP contribution in [0, 0.1) is 13.8 Å². The number of aryl methyl sites for hydroxylation is 2. The fourth-order valence-corrected chi connectivity index (χ4v) is 2.70. The minimum atomic E-state index is -0.160. The van der Waals surface area contributed by atoms with Gasteiger partial charge >= 0.3 is 0 Å². The second-order valence-corrected chi connectivity index (χ2v) is 5.86. The highest BCUT2D eigenvalue weighted by Gasteiger charge is 2.47. The van der Waals surface area contributed by atoms with Crippen LogP contribution in [0.1, 0.15) is 42.7 Å². The van der Waals surface area contributed by atoms with Crippen LogP contribution in [0.5, 0.6) is 0 Å². The Morgan fingerprint density at radius 1 is 1.30 bits per heavy atom. The van der Waals surface area contributed by atoms with E-state index in [-0.39, 0.29) is 11.5 Å². The third-order valence-corrected chi connectivity index (χ3v) is 4.64. The largest absolute Gasteiger partial charge is 0.378 e. The Morgan fingerprint density at radius 3 is 2.70 bits per heavy atom. The lowest BCUT2D eigenvalue weighted by molar-refractivity contribution is -0.0855. The molecule has 0 aliphatic heterocycles. The number of ether oxygens (including phenoxy) is 1. The van der Waals surface area contributed by atoms with E-state index in [4.69, 9.17) is 9.26 Å². The molecular formula is C16H20N2O2. The van der Waals surface area contributed by atoms with Gasteiger partial charge in [-0.3, -0.25) is 0 Å². The van der Waals surface area contributed by atoms with Crippen molar-refractivity contribution in [3.05, 3.63) is 35.2 Å². The number of aromatic nitrogens is 2. The molecule has 4 nitrogen and oxygen atoms in total. The molecule has 0 radical (unpaired) electrons. The predicted molar refractivity (Wildman–Crippen MR) is 76.6 cm³/mol. The van der Waals surface area contributed by atoms with Gasteiger partial charge in [-0.15, -0.1) is 0 Å². The molecule has 1 aromatic carbocycles. The molecule has 1 fully saturated rings. The minimum absolute atomic E-state index is 0.160. The number of hydrogen-bond donors (Lipinski definition) is 0. The zero-order valence-electron chi connectivity index (χ0n) is 12.4. The monoisotopic (exact) mass is 272 g/mol. The Kier molecular flexibility index (Phi) is 3.13. The van der Waals surface area contributed by atoms with Crippen molar-refractivity contribution < 1.29 is 9.26 Å². The fraction of sp³-hybridized carbons (Fsp3) is 0.500. The zero-order valence-corrected chi connectivity index (χ0v) is 12.4. The fourth-order valence-electron chi connectivity index (χ4n) is 2.70. The normalized spacial score (nSPS) is 25.5. The molecule has 1 aliphatic rings. The van der Waals surface area contributed by atoms with Crippen molar-refractivity contribution in [2.75, 3.05) is 7.11 Å². The zero-order chi connectivity index (χ0) is 14.3. The summed E-state index contributed by atoms with van der Waals surface area (Å²) in [6.07, 6.45) is 2.08. The molecule has 0 N–H and O–H groups in total.